The van der Waals surface area contributed by atoms with Crippen molar-refractivity contribution in [1.29, 1.82) is 0 Å². The second kappa shape index (κ2) is 6.60. The van der Waals surface area contributed by atoms with Crippen molar-refractivity contribution in [3.63, 3.8) is 0 Å². The van der Waals surface area contributed by atoms with Crippen LogP contribution in [0.1, 0.15) is 24.3 Å². The van der Waals surface area contributed by atoms with Crippen molar-refractivity contribution in [2.24, 2.45) is 5.92 Å². The smallest absolute Gasteiger partial charge is 0.248 e. The largest absolute Gasteiger partial charge is 0.369 e. The van der Waals surface area contributed by atoms with Crippen molar-refractivity contribution in [2.75, 3.05) is 26.3 Å². The Labute approximate surface area is 125 Å². The number of ether oxygens (including phenoxy) is 1. The molecule has 0 unspecified atom stereocenters. The van der Waals surface area contributed by atoms with Gasteiger partial charge >= 0.3 is 0 Å². The van der Waals surface area contributed by atoms with Crippen molar-refractivity contribution >= 4 is 10.0 Å². The van der Waals surface area contributed by atoms with Gasteiger partial charge in [-0.1, -0.05) is 11.1 Å². The van der Waals surface area contributed by atoms with Crippen molar-refractivity contribution in [1.82, 2.24) is 9.46 Å². The molecule has 1 aromatic rings. The molecule has 1 aliphatic heterocycles. The molecular weight excluding hydrogens is 292 g/mol. The summed E-state index contributed by atoms with van der Waals surface area (Å²) in [5.41, 5.74) is 0.409. The number of aryl methyl sites for hydroxylation is 2. The molecule has 1 fully saturated rings. The molecule has 0 atom stereocenters. The van der Waals surface area contributed by atoms with E-state index in [0.29, 0.717) is 43.7 Å². The number of piperidine rings is 1. The Morgan fingerprint density at radius 2 is 2.10 bits per heavy atom. The maximum absolute atomic E-state index is 12.6. The Balaban J connectivity index is 2.00. The molecule has 0 aliphatic carbocycles. The van der Waals surface area contributed by atoms with E-state index in [1.807, 2.05) is 0 Å². The van der Waals surface area contributed by atoms with Crippen LogP contribution in [0.2, 0.25) is 0 Å². The fraction of sp³-hybridized carbons (Fsp3) is 0.643. The molecule has 0 amide bonds. The summed E-state index contributed by atoms with van der Waals surface area (Å²) in [5, 5.41) is 3.72. The van der Waals surface area contributed by atoms with E-state index < -0.39 is 10.0 Å². The summed E-state index contributed by atoms with van der Waals surface area (Å²) < 4.78 is 37.0. The lowest BCUT2D eigenvalue weighted by molar-refractivity contribution is 0.101. The Kier molecular flexibility index (Phi) is 5.04. The van der Waals surface area contributed by atoms with Crippen molar-refractivity contribution < 1.29 is 17.7 Å². The quantitative estimate of drug-likeness (QED) is 0.606. The van der Waals surface area contributed by atoms with Gasteiger partial charge in [0.2, 0.25) is 10.0 Å². The predicted octanol–water partition coefficient (Wildman–Crippen LogP) is 1.34. The van der Waals surface area contributed by atoms with E-state index in [2.05, 4.69) is 11.1 Å². The van der Waals surface area contributed by atoms with Crippen LogP contribution in [0.5, 0.6) is 0 Å². The van der Waals surface area contributed by atoms with Crippen LogP contribution in [0.3, 0.4) is 0 Å². The highest BCUT2D eigenvalue weighted by Crippen LogP contribution is 2.27. The number of rotatable bonds is 5. The lowest BCUT2D eigenvalue weighted by Crippen LogP contribution is -2.39. The van der Waals surface area contributed by atoms with Gasteiger partial charge in [0.25, 0.3) is 0 Å². The molecule has 6 nitrogen and oxygen atoms in total. The first-order valence-electron chi connectivity index (χ1n) is 6.91. The SMILES string of the molecule is C#CCOCC1CCN(S(=O)(=O)c2c(C)noc2C)CC1. The van der Waals surface area contributed by atoms with Gasteiger partial charge in [0.05, 0.1) is 6.61 Å². The third kappa shape index (κ3) is 3.46. The summed E-state index contributed by atoms with van der Waals surface area (Å²) in [4.78, 5) is 0.199. The first kappa shape index (κ1) is 16.0. The summed E-state index contributed by atoms with van der Waals surface area (Å²) in [6, 6.07) is 0. The highest BCUT2D eigenvalue weighted by Gasteiger charge is 2.33. The van der Waals surface area contributed by atoms with Crippen LogP contribution < -0.4 is 0 Å². The Hall–Kier alpha value is -1.36. The Morgan fingerprint density at radius 3 is 2.62 bits per heavy atom. The zero-order chi connectivity index (χ0) is 15.5. The van der Waals surface area contributed by atoms with E-state index in [-0.39, 0.29) is 4.90 Å². The molecule has 1 aliphatic rings. The number of hydrogen-bond acceptors (Lipinski definition) is 5. The minimum atomic E-state index is -3.52. The van der Waals surface area contributed by atoms with Gasteiger partial charge in [-0.3, -0.25) is 0 Å². The minimum absolute atomic E-state index is 0.199. The third-order valence-electron chi connectivity index (χ3n) is 3.68. The normalized spacial score (nSPS) is 17.8. The number of aromatic nitrogens is 1. The van der Waals surface area contributed by atoms with Crippen molar-refractivity contribution in [3.05, 3.63) is 11.5 Å². The van der Waals surface area contributed by atoms with E-state index >= 15 is 0 Å². The number of sulfonamides is 1. The maximum atomic E-state index is 12.6. The van der Waals surface area contributed by atoms with Crippen molar-refractivity contribution in [3.8, 4) is 12.3 Å². The van der Waals surface area contributed by atoms with Gasteiger partial charge in [0.15, 0.2) is 5.76 Å². The highest BCUT2D eigenvalue weighted by molar-refractivity contribution is 7.89. The zero-order valence-electron chi connectivity index (χ0n) is 12.3. The molecule has 0 N–H and O–H groups in total. The molecule has 7 heteroatoms. The molecule has 0 bridgehead atoms. The lowest BCUT2D eigenvalue weighted by Gasteiger charge is -2.30. The van der Waals surface area contributed by atoms with Gasteiger partial charge in [-0.2, -0.15) is 4.31 Å². The fourth-order valence-corrected chi connectivity index (χ4v) is 4.33. The average molecular weight is 312 g/mol. The number of nitrogens with zero attached hydrogens (tertiary/aromatic N) is 2. The van der Waals surface area contributed by atoms with Gasteiger partial charge < -0.3 is 9.26 Å². The van der Waals surface area contributed by atoms with Crippen LogP contribution in [0.4, 0.5) is 0 Å². The van der Waals surface area contributed by atoms with Crippen LogP contribution >= 0.6 is 0 Å². The van der Waals surface area contributed by atoms with Gasteiger partial charge in [-0.15, -0.1) is 6.42 Å². The zero-order valence-corrected chi connectivity index (χ0v) is 13.1. The van der Waals surface area contributed by atoms with Crippen LogP contribution in [0.15, 0.2) is 9.42 Å². The summed E-state index contributed by atoms with van der Waals surface area (Å²) in [6.07, 6.45) is 6.67. The first-order chi connectivity index (χ1) is 9.96. The molecular formula is C14H20N2O4S. The van der Waals surface area contributed by atoms with Gasteiger partial charge in [0, 0.05) is 13.1 Å². The average Bonchev–Trinajstić information content (AvgIpc) is 2.79. The molecule has 0 saturated carbocycles. The fourth-order valence-electron chi connectivity index (χ4n) is 2.57. The molecule has 0 radical (unpaired) electrons. The van der Waals surface area contributed by atoms with Gasteiger partial charge in [-0.05, 0) is 32.6 Å². The van der Waals surface area contributed by atoms with E-state index in [4.69, 9.17) is 15.7 Å². The molecule has 0 aromatic carbocycles. The van der Waals surface area contributed by atoms with Crippen LogP contribution in [0, 0.1) is 32.1 Å². The maximum Gasteiger partial charge on any atom is 0.248 e. The molecule has 0 spiro atoms. The molecule has 116 valence electrons. The summed E-state index contributed by atoms with van der Waals surface area (Å²) in [6.45, 7) is 5.12. The van der Waals surface area contributed by atoms with Crippen LogP contribution in [0.25, 0.3) is 0 Å². The predicted molar refractivity (Wildman–Crippen MR) is 77.1 cm³/mol. The second-order valence-corrected chi connectivity index (χ2v) is 7.09. The molecule has 2 rings (SSSR count). The third-order valence-corrected chi connectivity index (χ3v) is 5.82. The molecule has 1 saturated heterocycles. The number of hydrogen-bond donors (Lipinski definition) is 0. The number of terminal acetylenes is 1. The van der Waals surface area contributed by atoms with E-state index in [0.717, 1.165) is 12.8 Å². The van der Waals surface area contributed by atoms with E-state index in [9.17, 15) is 8.42 Å². The summed E-state index contributed by atoms with van der Waals surface area (Å²) in [5.74, 6) is 3.12. The van der Waals surface area contributed by atoms with Gasteiger partial charge in [-0.25, -0.2) is 8.42 Å². The van der Waals surface area contributed by atoms with E-state index in [1.165, 1.54) is 4.31 Å². The monoisotopic (exact) mass is 312 g/mol. The Morgan fingerprint density at radius 1 is 1.43 bits per heavy atom. The summed E-state index contributed by atoms with van der Waals surface area (Å²) in [7, 11) is -3.52. The first-order valence-corrected chi connectivity index (χ1v) is 8.35. The van der Waals surface area contributed by atoms with E-state index in [1.54, 1.807) is 13.8 Å². The highest BCUT2D eigenvalue weighted by atomic mass is 32.2. The standard InChI is InChI=1S/C14H20N2O4S/c1-4-9-19-10-13-5-7-16(8-6-13)21(17,18)14-11(2)15-20-12(14)3/h1,13H,5-10H2,2-3H3. The van der Waals surface area contributed by atoms with Gasteiger partial charge in [0.1, 0.15) is 17.2 Å². The summed E-state index contributed by atoms with van der Waals surface area (Å²) >= 11 is 0. The van der Waals surface area contributed by atoms with Crippen molar-refractivity contribution in [2.45, 2.75) is 31.6 Å². The molecule has 1 aromatic heterocycles. The second-order valence-electron chi connectivity index (χ2n) is 5.22. The lowest BCUT2D eigenvalue weighted by atomic mass is 9.99. The van der Waals surface area contributed by atoms with Crippen LogP contribution in [-0.4, -0.2) is 44.2 Å². The van der Waals surface area contributed by atoms with Crippen LogP contribution in [-0.2, 0) is 14.8 Å². The minimum Gasteiger partial charge on any atom is -0.369 e. The molecule has 21 heavy (non-hydrogen) atoms. The molecule has 2 heterocycles. The topological polar surface area (TPSA) is 72.6 Å². The Bertz CT molecular complexity index is 602.